The van der Waals surface area contributed by atoms with Crippen molar-refractivity contribution in [1.82, 2.24) is 0 Å². The summed E-state index contributed by atoms with van der Waals surface area (Å²) in [6.07, 6.45) is 3.29. The van der Waals surface area contributed by atoms with Gasteiger partial charge in [0.05, 0.1) is 13.2 Å². The Bertz CT molecular complexity index is 219. The highest BCUT2D eigenvalue weighted by Crippen LogP contribution is 2.03. The molecular formula is C12H26Cl2N2O4. The maximum absolute atomic E-state index is 11.2. The molecule has 20 heavy (non-hydrogen) atoms. The number of carbonyl (C=O) groups is 2. The van der Waals surface area contributed by atoms with Crippen LogP contribution in [0.15, 0.2) is 0 Å². The van der Waals surface area contributed by atoms with Gasteiger partial charge in [0.25, 0.3) is 0 Å². The van der Waals surface area contributed by atoms with Gasteiger partial charge in [-0.1, -0.05) is 0 Å². The minimum Gasteiger partial charge on any atom is -0.466 e. The molecule has 0 aliphatic rings. The van der Waals surface area contributed by atoms with Gasteiger partial charge >= 0.3 is 11.9 Å². The van der Waals surface area contributed by atoms with Crippen LogP contribution in [-0.2, 0) is 19.1 Å². The largest absolute Gasteiger partial charge is 0.466 e. The van der Waals surface area contributed by atoms with E-state index in [-0.39, 0.29) is 36.8 Å². The zero-order valence-electron chi connectivity index (χ0n) is 11.7. The van der Waals surface area contributed by atoms with Crippen LogP contribution in [0.4, 0.5) is 0 Å². The first kappa shape index (κ1) is 24.5. The molecule has 0 bridgehead atoms. The monoisotopic (exact) mass is 332 g/mol. The molecule has 0 saturated carbocycles. The molecule has 0 aliphatic heterocycles. The summed E-state index contributed by atoms with van der Waals surface area (Å²) in [5.74, 6) is -0.472. The second kappa shape index (κ2) is 18.4. The molecule has 0 heterocycles. The molecule has 0 amide bonds. The van der Waals surface area contributed by atoms with E-state index in [4.69, 9.17) is 20.9 Å². The Morgan fingerprint density at radius 3 is 1.35 bits per heavy atom. The maximum atomic E-state index is 11.2. The highest BCUT2D eigenvalue weighted by molar-refractivity contribution is 5.85. The Kier molecular flexibility index (Phi) is 22.5. The summed E-state index contributed by atoms with van der Waals surface area (Å²) in [6, 6.07) is 0. The summed E-state index contributed by atoms with van der Waals surface area (Å²) >= 11 is 0. The second-order valence-electron chi connectivity index (χ2n) is 3.93. The van der Waals surface area contributed by atoms with E-state index in [1.54, 1.807) is 0 Å². The fourth-order valence-corrected chi connectivity index (χ4v) is 1.22. The molecule has 0 aromatic carbocycles. The number of carbonyl (C=O) groups excluding carboxylic acids is 2. The summed E-state index contributed by atoms with van der Waals surface area (Å²) in [5, 5.41) is 0. The highest BCUT2D eigenvalue weighted by Gasteiger charge is 2.05. The van der Waals surface area contributed by atoms with Crippen molar-refractivity contribution in [3.05, 3.63) is 0 Å². The van der Waals surface area contributed by atoms with Gasteiger partial charge in [-0.25, -0.2) is 0 Å². The van der Waals surface area contributed by atoms with Crippen LogP contribution in [0.5, 0.6) is 0 Å². The molecular weight excluding hydrogens is 307 g/mol. The van der Waals surface area contributed by atoms with E-state index >= 15 is 0 Å². The normalized spacial score (nSPS) is 9.10. The second-order valence-corrected chi connectivity index (χ2v) is 3.93. The predicted molar refractivity (Wildman–Crippen MR) is 82.2 cm³/mol. The van der Waals surface area contributed by atoms with Crippen molar-refractivity contribution in [2.75, 3.05) is 26.3 Å². The number of halogens is 2. The average molecular weight is 333 g/mol. The topological polar surface area (TPSA) is 105 Å². The first-order chi connectivity index (χ1) is 8.70. The first-order valence-corrected chi connectivity index (χ1v) is 6.42. The standard InChI is InChI=1S/C12H24N2O4.2ClH/c13-7-3-9-17-11(15)5-1-2-6-12(16)18-10-4-8-14;;/h1-10,13-14H2;2*1H. The van der Waals surface area contributed by atoms with Crippen LogP contribution < -0.4 is 11.5 Å². The van der Waals surface area contributed by atoms with Gasteiger partial charge in [-0.15, -0.1) is 24.8 Å². The van der Waals surface area contributed by atoms with E-state index in [0.717, 1.165) is 0 Å². The summed E-state index contributed by atoms with van der Waals surface area (Å²) in [7, 11) is 0. The van der Waals surface area contributed by atoms with E-state index in [2.05, 4.69) is 0 Å². The van der Waals surface area contributed by atoms with Crippen molar-refractivity contribution in [2.24, 2.45) is 11.5 Å². The summed E-state index contributed by atoms with van der Waals surface area (Å²) in [5.41, 5.74) is 10.5. The summed E-state index contributed by atoms with van der Waals surface area (Å²) < 4.78 is 9.84. The number of hydrogen-bond acceptors (Lipinski definition) is 6. The van der Waals surface area contributed by atoms with Crippen LogP contribution in [0.1, 0.15) is 38.5 Å². The Morgan fingerprint density at radius 1 is 0.700 bits per heavy atom. The van der Waals surface area contributed by atoms with Crippen molar-refractivity contribution in [3.8, 4) is 0 Å². The van der Waals surface area contributed by atoms with Gasteiger partial charge in [-0.2, -0.15) is 0 Å². The molecule has 0 spiro atoms. The lowest BCUT2D eigenvalue weighted by atomic mass is 10.2. The lowest BCUT2D eigenvalue weighted by Crippen LogP contribution is -2.11. The van der Waals surface area contributed by atoms with Gasteiger partial charge in [-0.3, -0.25) is 9.59 Å². The van der Waals surface area contributed by atoms with Crippen molar-refractivity contribution < 1.29 is 19.1 Å². The molecule has 4 N–H and O–H groups in total. The van der Waals surface area contributed by atoms with Crippen LogP contribution in [0, 0.1) is 0 Å². The molecule has 0 aliphatic carbocycles. The van der Waals surface area contributed by atoms with Gasteiger partial charge in [0.15, 0.2) is 0 Å². The Labute approximate surface area is 132 Å². The zero-order chi connectivity index (χ0) is 13.6. The Hall–Kier alpha value is -0.560. The number of ether oxygens (including phenoxy) is 2. The van der Waals surface area contributed by atoms with Gasteiger partial charge in [0.1, 0.15) is 0 Å². The minimum atomic E-state index is -0.236. The Morgan fingerprint density at radius 2 is 1.05 bits per heavy atom. The third-order valence-corrected chi connectivity index (χ3v) is 2.23. The van der Waals surface area contributed by atoms with E-state index < -0.39 is 0 Å². The van der Waals surface area contributed by atoms with Crippen LogP contribution in [0.25, 0.3) is 0 Å². The van der Waals surface area contributed by atoms with Gasteiger partial charge in [0.2, 0.25) is 0 Å². The van der Waals surface area contributed by atoms with Crippen molar-refractivity contribution >= 4 is 36.8 Å². The molecule has 0 unspecified atom stereocenters. The maximum Gasteiger partial charge on any atom is 0.305 e. The van der Waals surface area contributed by atoms with E-state index in [9.17, 15) is 9.59 Å². The molecule has 0 fully saturated rings. The predicted octanol–water partition coefficient (Wildman–Crippen LogP) is 1.17. The molecule has 0 saturated heterocycles. The molecule has 0 rings (SSSR count). The molecule has 0 aromatic rings. The zero-order valence-corrected chi connectivity index (χ0v) is 13.3. The number of unbranched alkanes of at least 4 members (excludes halogenated alkanes) is 1. The minimum absolute atomic E-state index is 0. The molecule has 0 atom stereocenters. The quantitative estimate of drug-likeness (QED) is 0.434. The molecule has 0 radical (unpaired) electrons. The summed E-state index contributed by atoms with van der Waals surface area (Å²) in [4.78, 5) is 22.4. The van der Waals surface area contributed by atoms with Gasteiger partial charge < -0.3 is 20.9 Å². The third kappa shape index (κ3) is 17.4. The average Bonchev–Trinajstić information content (AvgIpc) is 2.35. The lowest BCUT2D eigenvalue weighted by molar-refractivity contribution is -0.146. The third-order valence-electron chi connectivity index (χ3n) is 2.23. The van der Waals surface area contributed by atoms with Crippen LogP contribution in [-0.4, -0.2) is 38.2 Å². The first-order valence-electron chi connectivity index (χ1n) is 6.42. The molecule has 8 heteroatoms. The van der Waals surface area contributed by atoms with Crippen LogP contribution in [0.3, 0.4) is 0 Å². The van der Waals surface area contributed by atoms with Crippen LogP contribution in [0.2, 0.25) is 0 Å². The highest BCUT2D eigenvalue weighted by atomic mass is 35.5. The number of nitrogens with two attached hydrogens (primary N) is 2. The van der Waals surface area contributed by atoms with E-state index in [1.165, 1.54) is 0 Å². The van der Waals surface area contributed by atoms with Gasteiger partial charge in [-0.05, 0) is 38.8 Å². The fraction of sp³-hybridized carbons (Fsp3) is 0.833. The molecule has 122 valence electrons. The summed E-state index contributed by atoms with van der Waals surface area (Å²) in [6.45, 7) is 1.77. The van der Waals surface area contributed by atoms with E-state index in [1.807, 2.05) is 0 Å². The van der Waals surface area contributed by atoms with E-state index in [0.29, 0.717) is 64.8 Å². The van der Waals surface area contributed by atoms with Crippen LogP contribution >= 0.6 is 24.8 Å². The number of esters is 2. The Balaban J connectivity index is -0.00000144. The number of rotatable bonds is 11. The van der Waals surface area contributed by atoms with Crippen molar-refractivity contribution in [1.29, 1.82) is 0 Å². The lowest BCUT2D eigenvalue weighted by Gasteiger charge is -2.04. The smallest absolute Gasteiger partial charge is 0.305 e. The van der Waals surface area contributed by atoms with Crippen molar-refractivity contribution in [2.45, 2.75) is 38.5 Å². The fourth-order valence-electron chi connectivity index (χ4n) is 1.22. The van der Waals surface area contributed by atoms with Gasteiger partial charge in [0, 0.05) is 12.8 Å². The van der Waals surface area contributed by atoms with Crippen molar-refractivity contribution in [3.63, 3.8) is 0 Å². The molecule has 6 nitrogen and oxygen atoms in total. The molecule has 0 aromatic heterocycles. The SMILES string of the molecule is Cl.Cl.NCCCOC(=O)CCCCC(=O)OCCCN. The number of hydrogen-bond donors (Lipinski definition) is 2.